The van der Waals surface area contributed by atoms with E-state index < -0.39 is 0 Å². The van der Waals surface area contributed by atoms with E-state index in [0.717, 1.165) is 4.47 Å². The minimum atomic E-state index is -0.333. The molecular formula is C14H10BrFO2. The molecule has 18 heavy (non-hydrogen) atoms. The summed E-state index contributed by atoms with van der Waals surface area (Å²) in [4.78, 5) is 10.9. The minimum Gasteiger partial charge on any atom is -0.496 e. The third-order valence-corrected chi connectivity index (χ3v) is 3.09. The van der Waals surface area contributed by atoms with Gasteiger partial charge in [-0.1, -0.05) is 22.0 Å². The highest BCUT2D eigenvalue weighted by Crippen LogP contribution is 2.29. The Morgan fingerprint density at radius 3 is 2.67 bits per heavy atom. The van der Waals surface area contributed by atoms with E-state index in [0.29, 0.717) is 28.7 Å². The first-order valence-corrected chi connectivity index (χ1v) is 6.03. The summed E-state index contributed by atoms with van der Waals surface area (Å²) in [5, 5.41) is 0. The average molecular weight is 309 g/mol. The van der Waals surface area contributed by atoms with Gasteiger partial charge in [0.25, 0.3) is 0 Å². The molecule has 0 radical (unpaired) electrons. The topological polar surface area (TPSA) is 26.3 Å². The molecule has 0 aliphatic carbocycles. The number of aldehydes is 1. The molecule has 0 N–H and O–H groups in total. The van der Waals surface area contributed by atoms with Gasteiger partial charge in [-0.25, -0.2) is 4.39 Å². The Labute approximate surface area is 113 Å². The highest BCUT2D eigenvalue weighted by atomic mass is 79.9. The molecule has 0 unspecified atom stereocenters. The number of carbonyl (C=O) groups is 1. The van der Waals surface area contributed by atoms with E-state index in [1.165, 1.54) is 13.2 Å². The fraction of sp³-hybridized carbons (Fsp3) is 0.0714. The van der Waals surface area contributed by atoms with E-state index >= 15 is 0 Å². The van der Waals surface area contributed by atoms with E-state index in [1.807, 2.05) is 0 Å². The van der Waals surface area contributed by atoms with E-state index in [-0.39, 0.29) is 5.82 Å². The summed E-state index contributed by atoms with van der Waals surface area (Å²) in [5.74, 6) is 0.143. The predicted molar refractivity (Wildman–Crippen MR) is 71.5 cm³/mol. The summed E-state index contributed by atoms with van der Waals surface area (Å²) >= 11 is 3.30. The molecule has 0 aromatic heterocycles. The zero-order valence-corrected chi connectivity index (χ0v) is 11.2. The normalized spacial score (nSPS) is 10.2. The number of ether oxygens (including phenoxy) is 1. The van der Waals surface area contributed by atoms with Crippen LogP contribution < -0.4 is 4.74 Å². The second-order valence-corrected chi connectivity index (χ2v) is 4.61. The maximum absolute atomic E-state index is 13.7. The van der Waals surface area contributed by atoms with Gasteiger partial charge in [-0.3, -0.25) is 4.79 Å². The second kappa shape index (κ2) is 5.31. The largest absolute Gasteiger partial charge is 0.496 e. The van der Waals surface area contributed by atoms with E-state index in [1.54, 1.807) is 30.3 Å². The molecule has 0 bridgehead atoms. The molecule has 2 aromatic rings. The standard InChI is InChI=1S/C14H10BrFO2/c1-18-14-5-2-9(6-10(14)8-17)12-7-11(15)3-4-13(12)16/h2-8H,1H3. The number of carbonyl (C=O) groups excluding carboxylic acids is 1. The highest BCUT2D eigenvalue weighted by molar-refractivity contribution is 9.10. The van der Waals surface area contributed by atoms with E-state index in [9.17, 15) is 9.18 Å². The van der Waals surface area contributed by atoms with Gasteiger partial charge < -0.3 is 4.74 Å². The van der Waals surface area contributed by atoms with Gasteiger partial charge in [0, 0.05) is 10.0 Å². The first-order valence-electron chi connectivity index (χ1n) is 5.24. The Bertz CT molecular complexity index is 596. The van der Waals surface area contributed by atoms with Crippen LogP contribution in [-0.2, 0) is 0 Å². The van der Waals surface area contributed by atoms with Crippen LogP contribution in [0, 0.1) is 5.82 Å². The number of methoxy groups -OCH3 is 1. The maximum atomic E-state index is 13.7. The van der Waals surface area contributed by atoms with Crippen molar-refractivity contribution in [3.63, 3.8) is 0 Å². The van der Waals surface area contributed by atoms with Crippen molar-refractivity contribution in [1.29, 1.82) is 0 Å². The van der Waals surface area contributed by atoms with E-state index in [4.69, 9.17) is 4.74 Å². The lowest BCUT2D eigenvalue weighted by molar-refractivity contribution is 0.112. The third-order valence-electron chi connectivity index (χ3n) is 2.60. The summed E-state index contributed by atoms with van der Waals surface area (Å²) in [6, 6.07) is 9.66. The van der Waals surface area contributed by atoms with Crippen molar-refractivity contribution in [2.24, 2.45) is 0 Å². The van der Waals surface area contributed by atoms with Crippen LogP contribution in [0.4, 0.5) is 4.39 Å². The Morgan fingerprint density at radius 2 is 2.00 bits per heavy atom. The molecule has 0 aliphatic heterocycles. The molecule has 4 heteroatoms. The molecule has 0 saturated heterocycles. The lowest BCUT2D eigenvalue weighted by Gasteiger charge is -2.08. The van der Waals surface area contributed by atoms with E-state index in [2.05, 4.69) is 15.9 Å². The van der Waals surface area contributed by atoms with Crippen LogP contribution in [0.15, 0.2) is 40.9 Å². The summed E-state index contributed by atoms with van der Waals surface area (Å²) in [7, 11) is 1.49. The second-order valence-electron chi connectivity index (χ2n) is 3.70. The predicted octanol–water partition coefficient (Wildman–Crippen LogP) is 4.08. The molecule has 0 heterocycles. The fourth-order valence-corrected chi connectivity index (χ4v) is 2.07. The van der Waals surface area contributed by atoms with Crippen molar-refractivity contribution in [2.75, 3.05) is 7.11 Å². The Hall–Kier alpha value is -1.68. The molecule has 0 fully saturated rings. The van der Waals surface area contributed by atoms with Crippen LogP contribution in [0.5, 0.6) is 5.75 Å². The summed E-state index contributed by atoms with van der Waals surface area (Å²) in [6.45, 7) is 0. The monoisotopic (exact) mass is 308 g/mol. The molecule has 0 aliphatic rings. The Balaban J connectivity index is 2.57. The average Bonchev–Trinajstić information content (AvgIpc) is 2.40. The van der Waals surface area contributed by atoms with Gasteiger partial charge >= 0.3 is 0 Å². The van der Waals surface area contributed by atoms with Gasteiger partial charge in [0.1, 0.15) is 11.6 Å². The van der Waals surface area contributed by atoms with Crippen LogP contribution in [0.2, 0.25) is 0 Å². The van der Waals surface area contributed by atoms with Crippen molar-refractivity contribution < 1.29 is 13.9 Å². The van der Waals surface area contributed by atoms with Crippen LogP contribution >= 0.6 is 15.9 Å². The molecular weight excluding hydrogens is 299 g/mol. The van der Waals surface area contributed by atoms with Crippen LogP contribution in [-0.4, -0.2) is 13.4 Å². The first kappa shape index (κ1) is 12.8. The van der Waals surface area contributed by atoms with Crippen molar-refractivity contribution in [3.05, 3.63) is 52.3 Å². The summed E-state index contributed by atoms with van der Waals surface area (Å²) < 4.78 is 19.6. The van der Waals surface area contributed by atoms with Gasteiger partial charge in [-0.15, -0.1) is 0 Å². The molecule has 0 amide bonds. The molecule has 0 saturated carbocycles. The van der Waals surface area contributed by atoms with Gasteiger partial charge in [0.15, 0.2) is 6.29 Å². The van der Waals surface area contributed by atoms with Crippen molar-refractivity contribution in [3.8, 4) is 16.9 Å². The highest BCUT2D eigenvalue weighted by Gasteiger charge is 2.09. The van der Waals surface area contributed by atoms with Crippen molar-refractivity contribution in [2.45, 2.75) is 0 Å². The minimum absolute atomic E-state index is 0.333. The van der Waals surface area contributed by atoms with Gasteiger partial charge in [0.05, 0.1) is 12.7 Å². The SMILES string of the molecule is COc1ccc(-c2cc(Br)ccc2F)cc1C=O. The summed E-state index contributed by atoms with van der Waals surface area (Å²) in [6.07, 6.45) is 0.693. The zero-order valence-electron chi connectivity index (χ0n) is 9.61. The lowest BCUT2D eigenvalue weighted by atomic mass is 10.0. The lowest BCUT2D eigenvalue weighted by Crippen LogP contribution is -1.92. The zero-order chi connectivity index (χ0) is 13.1. The maximum Gasteiger partial charge on any atom is 0.153 e. The van der Waals surface area contributed by atoms with Crippen LogP contribution in [0.3, 0.4) is 0 Å². The molecule has 0 spiro atoms. The van der Waals surface area contributed by atoms with Gasteiger partial charge in [-0.2, -0.15) is 0 Å². The number of hydrogen-bond acceptors (Lipinski definition) is 2. The first-order chi connectivity index (χ1) is 8.65. The molecule has 92 valence electrons. The Kier molecular flexibility index (Phi) is 3.77. The van der Waals surface area contributed by atoms with Gasteiger partial charge in [-0.05, 0) is 35.9 Å². The quantitative estimate of drug-likeness (QED) is 0.799. The molecule has 0 atom stereocenters. The smallest absolute Gasteiger partial charge is 0.153 e. The number of rotatable bonds is 3. The van der Waals surface area contributed by atoms with Crippen LogP contribution in [0.1, 0.15) is 10.4 Å². The summed E-state index contributed by atoms with van der Waals surface area (Å²) in [5.41, 5.74) is 1.47. The number of benzene rings is 2. The Morgan fingerprint density at radius 1 is 1.22 bits per heavy atom. The third kappa shape index (κ3) is 2.43. The number of hydrogen-bond donors (Lipinski definition) is 0. The van der Waals surface area contributed by atoms with Gasteiger partial charge in [0.2, 0.25) is 0 Å². The molecule has 2 nitrogen and oxygen atoms in total. The van der Waals surface area contributed by atoms with Crippen LogP contribution in [0.25, 0.3) is 11.1 Å². The number of halogens is 2. The van der Waals surface area contributed by atoms with Crippen molar-refractivity contribution >= 4 is 22.2 Å². The fourth-order valence-electron chi connectivity index (χ4n) is 1.71. The van der Waals surface area contributed by atoms with Crippen molar-refractivity contribution in [1.82, 2.24) is 0 Å². The molecule has 2 rings (SSSR count). The molecule has 2 aromatic carbocycles.